The smallest absolute Gasteiger partial charge is 0.374 e. The standard InChI is InChI=1S/C25H34O7/c1-12(2)16-15-9-8-13(3)20-17-18(25(6,28)31-20)22(26)30-19(17)14(4)10-11-24(15,5)32-23(27)21(16)29-7/h8,12,15,17-18,20,28H,9-11H2,1-7H3/t15-,17+,18-,20+,24+,25-/m1/s1. The second-order valence-electron chi connectivity index (χ2n) is 10.2. The quantitative estimate of drug-likeness (QED) is 0.510. The van der Waals surface area contributed by atoms with Crippen molar-refractivity contribution in [3.63, 3.8) is 0 Å². The monoisotopic (exact) mass is 446 g/mol. The lowest BCUT2D eigenvalue weighted by Crippen LogP contribution is -2.46. The number of rotatable bonds is 2. The number of esters is 2. The minimum absolute atomic E-state index is 0.0684. The fourth-order valence-corrected chi connectivity index (χ4v) is 5.93. The highest BCUT2D eigenvalue weighted by molar-refractivity contribution is 5.89. The lowest BCUT2D eigenvalue weighted by molar-refractivity contribution is -0.201. The molecule has 3 aliphatic heterocycles. The Morgan fingerprint density at radius 2 is 1.91 bits per heavy atom. The van der Waals surface area contributed by atoms with Crippen molar-refractivity contribution in [2.45, 2.75) is 78.3 Å². The summed E-state index contributed by atoms with van der Waals surface area (Å²) in [5, 5.41) is 10.9. The Hall–Kier alpha value is -2.12. The number of allylic oxidation sites excluding steroid dienone is 2. The highest BCUT2D eigenvalue weighted by Gasteiger charge is 2.62. The molecule has 0 amide bonds. The molecule has 0 radical (unpaired) electrons. The molecule has 1 N–H and O–H groups in total. The van der Waals surface area contributed by atoms with Crippen LogP contribution in [-0.4, -0.2) is 41.6 Å². The molecule has 3 heterocycles. The van der Waals surface area contributed by atoms with Crippen molar-refractivity contribution >= 4 is 11.9 Å². The molecule has 4 aliphatic rings. The fraction of sp³-hybridized carbons (Fsp3) is 0.680. The van der Waals surface area contributed by atoms with E-state index in [4.69, 9.17) is 18.9 Å². The first-order chi connectivity index (χ1) is 14.9. The third kappa shape index (κ3) is 3.41. The lowest BCUT2D eigenvalue weighted by atomic mass is 9.72. The van der Waals surface area contributed by atoms with Gasteiger partial charge in [0.15, 0.2) is 5.79 Å². The molecule has 0 aromatic carbocycles. The van der Waals surface area contributed by atoms with Gasteiger partial charge in [-0.25, -0.2) is 4.79 Å². The second kappa shape index (κ2) is 7.73. The predicted molar refractivity (Wildman–Crippen MR) is 116 cm³/mol. The minimum atomic E-state index is -1.59. The van der Waals surface area contributed by atoms with Crippen LogP contribution in [0.25, 0.3) is 0 Å². The van der Waals surface area contributed by atoms with Crippen molar-refractivity contribution in [3.05, 3.63) is 34.3 Å². The number of methoxy groups -OCH3 is 1. The molecule has 0 spiro atoms. The van der Waals surface area contributed by atoms with Crippen LogP contribution >= 0.6 is 0 Å². The van der Waals surface area contributed by atoms with Crippen molar-refractivity contribution in [1.82, 2.24) is 0 Å². The van der Waals surface area contributed by atoms with Gasteiger partial charge in [-0.2, -0.15) is 0 Å². The first-order valence-corrected chi connectivity index (χ1v) is 11.4. The van der Waals surface area contributed by atoms with E-state index < -0.39 is 35.3 Å². The van der Waals surface area contributed by atoms with Gasteiger partial charge in [0.2, 0.25) is 5.76 Å². The average Bonchev–Trinajstić information content (AvgIpc) is 3.19. The summed E-state index contributed by atoms with van der Waals surface area (Å²) in [5.74, 6) is -2.68. The van der Waals surface area contributed by atoms with Gasteiger partial charge in [-0.1, -0.05) is 19.9 Å². The molecule has 7 nitrogen and oxygen atoms in total. The maximum Gasteiger partial charge on any atom is 0.374 e. The predicted octanol–water partition coefficient (Wildman–Crippen LogP) is 3.78. The number of carbonyl (C=O) groups excluding carboxylic acids is 2. The third-order valence-electron chi connectivity index (χ3n) is 7.65. The van der Waals surface area contributed by atoms with Gasteiger partial charge in [0.05, 0.1) is 19.1 Å². The van der Waals surface area contributed by atoms with Crippen LogP contribution in [0.15, 0.2) is 34.3 Å². The van der Waals surface area contributed by atoms with Crippen LogP contribution < -0.4 is 0 Å². The van der Waals surface area contributed by atoms with E-state index in [1.165, 1.54) is 14.0 Å². The van der Waals surface area contributed by atoms with Crippen LogP contribution in [0.5, 0.6) is 0 Å². The molecule has 0 saturated carbocycles. The summed E-state index contributed by atoms with van der Waals surface area (Å²) in [5.41, 5.74) is 2.06. The number of hydrogen-bond acceptors (Lipinski definition) is 7. The molecule has 0 unspecified atom stereocenters. The van der Waals surface area contributed by atoms with Crippen molar-refractivity contribution in [1.29, 1.82) is 0 Å². The summed E-state index contributed by atoms with van der Waals surface area (Å²) in [6, 6.07) is 0. The molecule has 0 bridgehead atoms. The van der Waals surface area contributed by atoms with E-state index in [0.29, 0.717) is 30.8 Å². The van der Waals surface area contributed by atoms with Gasteiger partial charge in [-0.15, -0.1) is 0 Å². The highest BCUT2D eigenvalue weighted by atomic mass is 16.7. The van der Waals surface area contributed by atoms with E-state index in [1.54, 1.807) is 0 Å². The number of aliphatic hydroxyl groups is 1. The Balaban J connectivity index is 1.84. The normalized spacial score (nSPS) is 39.8. The van der Waals surface area contributed by atoms with Gasteiger partial charge in [0.1, 0.15) is 17.3 Å². The van der Waals surface area contributed by atoms with Crippen LogP contribution in [0.1, 0.15) is 60.8 Å². The maximum atomic E-state index is 12.8. The Morgan fingerprint density at radius 1 is 1.22 bits per heavy atom. The topological polar surface area (TPSA) is 91.3 Å². The maximum absolute atomic E-state index is 12.8. The van der Waals surface area contributed by atoms with Crippen molar-refractivity contribution in [2.75, 3.05) is 7.11 Å². The van der Waals surface area contributed by atoms with Gasteiger partial charge >= 0.3 is 11.9 Å². The summed E-state index contributed by atoms with van der Waals surface area (Å²) in [6.07, 6.45) is 3.42. The van der Waals surface area contributed by atoms with E-state index in [9.17, 15) is 14.7 Å². The molecule has 1 aliphatic carbocycles. The summed E-state index contributed by atoms with van der Waals surface area (Å²) < 4.78 is 23.2. The molecular weight excluding hydrogens is 412 g/mol. The molecule has 6 atom stereocenters. The van der Waals surface area contributed by atoms with Crippen LogP contribution in [0, 0.1) is 23.7 Å². The van der Waals surface area contributed by atoms with Crippen LogP contribution in [0.4, 0.5) is 0 Å². The number of ether oxygens (including phenoxy) is 4. The van der Waals surface area contributed by atoms with Gasteiger partial charge in [-0.05, 0) is 69.6 Å². The molecule has 4 rings (SSSR count). The molecule has 32 heavy (non-hydrogen) atoms. The highest BCUT2D eigenvalue weighted by Crippen LogP contribution is 2.53. The van der Waals surface area contributed by atoms with E-state index in [-0.39, 0.29) is 17.8 Å². The molecule has 0 aromatic rings. The van der Waals surface area contributed by atoms with E-state index in [2.05, 4.69) is 19.9 Å². The third-order valence-corrected chi connectivity index (χ3v) is 7.65. The number of fused-ring (bicyclic) bond motifs is 1. The van der Waals surface area contributed by atoms with Crippen LogP contribution in [0.2, 0.25) is 0 Å². The molecule has 2 saturated heterocycles. The second-order valence-corrected chi connectivity index (χ2v) is 10.2. The zero-order valence-corrected chi connectivity index (χ0v) is 20.0. The summed E-state index contributed by atoms with van der Waals surface area (Å²) >= 11 is 0. The van der Waals surface area contributed by atoms with Gasteiger partial charge in [0, 0.05) is 5.92 Å². The van der Waals surface area contributed by atoms with Gasteiger partial charge < -0.3 is 24.1 Å². The SMILES string of the molecule is COC1=C(C(C)C)[C@H]2CC=C(C)[C@@H]3O[C@@](C)(O)[C@H]4C(=O)OC(=C(C)CC[C@]2(C)OC1=O)[C@@H]34. The van der Waals surface area contributed by atoms with Crippen LogP contribution in [0.3, 0.4) is 0 Å². The van der Waals surface area contributed by atoms with E-state index in [0.717, 1.165) is 16.7 Å². The van der Waals surface area contributed by atoms with Crippen LogP contribution in [-0.2, 0) is 28.5 Å². The summed E-state index contributed by atoms with van der Waals surface area (Å²) in [4.78, 5) is 25.5. The van der Waals surface area contributed by atoms with E-state index >= 15 is 0 Å². The van der Waals surface area contributed by atoms with Crippen molar-refractivity contribution in [2.24, 2.45) is 23.7 Å². The Labute approximate surface area is 189 Å². The fourth-order valence-electron chi connectivity index (χ4n) is 5.93. The number of carbonyl (C=O) groups is 2. The average molecular weight is 447 g/mol. The molecule has 176 valence electrons. The number of hydrogen-bond donors (Lipinski definition) is 1. The minimum Gasteiger partial charge on any atom is -0.490 e. The Kier molecular flexibility index (Phi) is 5.57. The zero-order chi connectivity index (χ0) is 23.6. The molecule has 0 aromatic heterocycles. The Bertz CT molecular complexity index is 938. The first-order valence-electron chi connectivity index (χ1n) is 11.4. The van der Waals surface area contributed by atoms with Crippen molar-refractivity contribution < 1.29 is 33.6 Å². The summed E-state index contributed by atoms with van der Waals surface area (Å²) in [7, 11) is 1.51. The lowest BCUT2D eigenvalue weighted by Gasteiger charge is -2.43. The van der Waals surface area contributed by atoms with Gasteiger partial charge in [-0.3, -0.25) is 4.79 Å². The molecule has 7 heteroatoms. The Morgan fingerprint density at radius 3 is 2.53 bits per heavy atom. The van der Waals surface area contributed by atoms with Crippen molar-refractivity contribution in [3.8, 4) is 0 Å². The largest absolute Gasteiger partial charge is 0.490 e. The molecule has 2 fully saturated rings. The zero-order valence-electron chi connectivity index (χ0n) is 20.0. The van der Waals surface area contributed by atoms with Gasteiger partial charge in [0.25, 0.3) is 0 Å². The first kappa shape index (κ1) is 23.1. The summed E-state index contributed by atoms with van der Waals surface area (Å²) in [6.45, 7) is 11.5. The molecular formula is C25H34O7. The van der Waals surface area contributed by atoms with E-state index in [1.807, 2.05) is 20.8 Å².